The molecule has 1 heterocycles. The van der Waals surface area contributed by atoms with Gasteiger partial charge in [-0.05, 0) is 54.1 Å². The number of carbonyl (C=O) groups excluding carboxylic acids is 2. The maximum atomic E-state index is 14.1. The van der Waals surface area contributed by atoms with E-state index in [0.717, 1.165) is 0 Å². The van der Waals surface area contributed by atoms with Gasteiger partial charge in [0.15, 0.2) is 0 Å². The predicted octanol–water partition coefficient (Wildman–Crippen LogP) is 4.80. The van der Waals surface area contributed by atoms with Gasteiger partial charge in [-0.1, -0.05) is 29.8 Å². The molecule has 2 amide bonds. The summed E-state index contributed by atoms with van der Waals surface area (Å²) in [4.78, 5) is 27.1. The maximum Gasteiger partial charge on any atom is 0.255 e. The first-order chi connectivity index (χ1) is 13.9. The van der Waals surface area contributed by atoms with Crippen LogP contribution in [-0.2, 0) is 4.79 Å². The third-order valence-corrected chi connectivity index (χ3v) is 4.96. The second-order valence-electron chi connectivity index (χ2n) is 6.68. The van der Waals surface area contributed by atoms with E-state index in [0.29, 0.717) is 21.8 Å². The SMILES string of the molecule is O=C1CN(C(=O)c2cccc(Cl)c2)[C@@H](c2ccc(F)cc2)c2cc(F)ccc2N1. The van der Waals surface area contributed by atoms with Gasteiger partial charge in [0.25, 0.3) is 5.91 Å². The molecule has 0 aromatic heterocycles. The molecule has 1 aliphatic heterocycles. The summed E-state index contributed by atoms with van der Waals surface area (Å²) in [5, 5.41) is 3.08. The molecule has 1 aliphatic rings. The van der Waals surface area contributed by atoms with E-state index in [1.54, 1.807) is 18.2 Å². The molecule has 0 aliphatic carbocycles. The Labute approximate surface area is 170 Å². The third kappa shape index (κ3) is 3.84. The Morgan fingerprint density at radius 2 is 1.72 bits per heavy atom. The van der Waals surface area contributed by atoms with Crippen molar-refractivity contribution in [2.24, 2.45) is 0 Å². The van der Waals surface area contributed by atoms with Crippen LogP contribution in [0, 0.1) is 11.6 Å². The zero-order valence-corrected chi connectivity index (χ0v) is 15.8. The number of nitrogens with one attached hydrogen (secondary N) is 1. The Kier molecular flexibility index (Phi) is 5.03. The number of anilines is 1. The van der Waals surface area contributed by atoms with Crippen LogP contribution in [0.5, 0.6) is 0 Å². The topological polar surface area (TPSA) is 49.4 Å². The largest absolute Gasteiger partial charge is 0.324 e. The van der Waals surface area contributed by atoms with Gasteiger partial charge in [0.05, 0.1) is 6.04 Å². The van der Waals surface area contributed by atoms with Gasteiger partial charge >= 0.3 is 0 Å². The minimum Gasteiger partial charge on any atom is -0.324 e. The Balaban J connectivity index is 1.90. The quantitative estimate of drug-likeness (QED) is 0.657. The smallest absolute Gasteiger partial charge is 0.255 e. The number of amides is 2. The summed E-state index contributed by atoms with van der Waals surface area (Å²) in [7, 11) is 0. The van der Waals surface area contributed by atoms with Crippen LogP contribution in [0.1, 0.15) is 27.5 Å². The molecule has 0 saturated heterocycles. The molecule has 3 aromatic carbocycles. The zero-order valence-electron chi connectivity index (χ0n) is 15.0. The molecule has 4 rings (SSSR count). The van der Waals surface area contributed by atoms with Gasteiger partial charge in [-0.2, -0.15) is 0 Å². The molecule has 0 unspecified atom stereocenters. The highest BCUT2D eigenvalue weighted by molar-refractivity contribution is 6.31. The van der Waals surface area contributed by atoms with Gasteiger partial charge < -0.3 is 10.2 Å². The zero-order chi connectivity index (χ0) is 20.5. The molecule has 4 nitrogen and oxygen atoms in total. The molecular weight excluding hydrogens is 398 g/mol. The van der Waals surface area contributed by atoms with Gasteiger partial charge in [0.1, 0.15) is 18.2 Å². The van der Waals surface area contributed by atoms with Crippen molar-refractivity contribution in [1.82, 2.24) is 4.90 Å². The van der Waals surface area contributed by atoms with Crippen LogP contribution in [0.2, 0.25) is 5.02 Å². The highest BCUT2D eigenvalue weighted by atomic mass is 35.5. The van der Waals surface area contributed by atoms with E-state index >= 15 is 0 Å². The van der Waals surface area contributed by atoms with Crippen LogP contribution in [0.25, 0.3) is 0 Å². The van der Waals surface area contributed by atoms with Crippen molar-refractivity contribution in [3.63, 3.8) is 0 Å². The first kappa shape index (κ1) is 19.1. The number of fused-ring (bicyclic) bond motifs is 1. The van der Waals surface area contributed by atoms with Crippen LogP contribution in [0.4, 0.5) is 14.5 Å². The Morgan fingerprint density at radius 1 is 1.00 bits per heavy atom. The lowest BCUT2D eigenvalue weighted by molar-refractivity contribution is -0.117. The molecule has 146 valence electrons. The number of hydrogen-bond acceptors (Lipinski definition) is 2. The average Bonchev–Trinajstić information content (AvgIpc) is 2.84. The Bertz CT molecular complexity index is 1100. The van der Waals surface area contributed by atoms with Crippen molar-refractivity contribution < 1.29 is 18.4 Å². The van der Waals surface area contributed by atoms with Crippen molar-refractivity contribution in [1.29, 1.82) is 0 Å². The highest BCUT2D eigenvalue weighted by Crippen LogP contribution is 2.37. The van der Waals surface area contributed by atoms with Crippen LogP contribution in [0.3, 0.4) is 0 Å². The number of halogens is 3. The molecule has 3 aromatic rings. The fourth-order valence-corrected chi connectivity index (χ4v) is 3.65. The summed E-state index contributed by atoms with van der Waals surface area (Å²) < 4.78 is 27.6. The lowest BCUT2D eigenvalue weighted by Gasteiger charge is -2.30. The molecule has 1 N–H and O–H groups in total. The lowest BCUT2D eigenvalue weighted by Crippen LogP contribution is -2.39. The standard InChI is InChI=1S/C22H15ClF2N2O2/c23-15-3-1-2-14(10-15)22(29)27-12-20(28)26-19-9-8-17(25)11-18(19)21(27)13-4-6-16(24)7-5-13/h1-11,21H,12H2,(H,26,28)/t21-/m0/s1. The minimum atomic E-state index is -0.799. The second-order valence-corrected chi connectivity index (χ2v) is 7.11. The Morgan fingerprint density at radius 3 is 2.45 bits per heavy atom. The summed E-state index contributed by atoms with van der Waals surface area (Å²) in [5.41, 5.74) is 1.63. The van der Waals surface area contributed by atoms with Crippen LogP contribution in [0.15, 0.2) is 66.7 Å². The van der Waals surface area contributed by atoms with Gasteiger partial charge in [-0.15, -0.1) is 0 Å². The van der Waals surface area contributed by atoms with Gasteiger partial charge in [-0.25, -0.2) is 8.78 Å². The van der Waals surface area contributed by atoms with Crippen LogP contribution >= 0.6 is 11.6 Å². The minimum absolute atomic E-state index is 0.260. The van der Waals surface area contributed by atoms with Crippen molar-refractivity contribution in [2.45, 2.75) is 6.04 Å². The van der Waals surface area contributed by atoms with E-state index in [2.05, 4.69) is 5.32 Å². The lowest BCUT2D eigenvalue weighted by atomic mass is 9.95. The maximum absolute atomic E-state index is 14.1. The number of benzene rings is 3. The average molecular weight is 413 g/mol. The fourth-order valence-electron chi connectivity index (χ4n) is 3.46. The monoisotopic (exact) mass is 412 g/mol. The fraction of sp³-hybridized carbons (Fsp3) is 0.0909. The summed E-state index contributed by atoms with van der Waals surface area (Å²) in [6.07, 6.45) is 0. The van der Waals surface area contributed by atoms with Gasteiger partial charge in [-0.3, -0.25) is 9.59 Å². The molecule has 1 atom stereocenters. The molecule has 0 bridgehead atoms. The van der Waals surface area contributed by atoms with Crippen molar-refractivity contribution in [3.8, 4) is 0 Å². The van der Waals surface area contributed by atoms with Crippen LogP contribution in [-0.4, -0.2) is 23.3 Å². The number of hydrogen-bond donors (Lipinski definition) is 1. The molecule has 0 fully saturated rings. The number of carbonyl (C=O) groups is 2. The van der Waals surface area contributed by atoms with E-state index in [9.17, 15) is 18.4 Å². The van der Waals surface area contributed by atoms with E-state index in [1.165, 1.54) is 53.4 Å². The molecule has 29 heavy (non-hydrogen) atoms. The first-order valence-corrected chi connectivity index (χ1v) is 9.21. The van der Waals surface area contributed by atoms with E-state index in [4.69, 9.17) is 11.6 Å². The molecule has 0 spiro atoms. The van der Waals surface area contributed by atoms with E-state index < -0.39 is 29.5 Å². The van der Waals surface area contributed by atoms with E-state index in [-0.39, 0.29) is 12.1 Å². The van der Waals surface area contributed by atoms with Crippen molar-refractivity contribution >= 4 is 29.1 Å². The number of rotatable bonds is 2. The molecule has 0 radical (unpaired) electrons. The van der Waals surface area contributed by atoms with Gasteiger partial charge in [0, 0.05) is 21.8 Å². The summed E-state index contributed by atoms with van der Waals surface area (Å²) >= 11 is 6.02. The number of nitrogens with zero attached hydrogens (tertiary/aromatic N) is 1. The predicted molar refractivity (Wildman–Crippen MR) is 106 cm³/mol. The third-order valence-electron chi connectivity index (χ3n) is 4.73. The molecular formula is C22H15ClF2N2O2. The Hall–Kier alpha value is -3.25. The van der Waals surface area contributed by atoms with Crippen molar-refractivity contribution in [2.75, 3.05) is 11.9 Å². The summed E-state index contributed by atoms with van der Waals surface area (Å²) in [5.74, 6) is -1.82. The molecule has 0 saturated carbocycles. The van der Waals surface area contributed by atoms with Gasteiger partial charge in [0.2, 0.25) is 5.91 Å². The normalized spacial score (nSPS) is 16.0. The second kappa shape index (κ2) is 7.64. The molecule has 7 heteroatoms. The summed E-state index contributed by atoms with van der Waals surface area (Å²) in [6.45, 7) is -0.260. The first-order valence-electron chi connectivity index (χ1n) is 8.83. The summed E-state index contributed by atoms with van der Waals surface area (Å²) in [6, 6.07) is 15.1. The van der Waals surface area contributed by atoms with Crippen LogP contribution < -0.4 is 5.32 Å². The van der Waals surface area contributed by atoms with E-state index in [1.807, 2.05) is 0 Å². The van der Waals surface area contributed by atoms with Crippen molar-refractivity contribution in [3.05, 3.63) is 100 Å². The highest BCUT2D eigenvalue weighted by Gasteiger charge is 2.34.